The molecule has 30 heteroatoms. The Kier molecular flexibility index (Phi) is 26.0. The Labute approximate surface area is 667 Å². The van der Waals surface area contributed by atoms with Crippen molar-refractivity contribution in [1.82, 2.24) is 49.0 Å². The smallest absolute Gasteiger partial charge is 0.410 e. The Morgan fingerprint density at radius 3 is 1.48 bits per heavy atom. The van der Waals surface area contributed by atoms with E-state index in [2.05, 4.69) is 144 Å². The number of carbonyl (C=O) groups excluding carboxylic acids is 4. The first kappa shape index (κ1) is 87.5. The number of aromatic nitrogens is 6. The number of sulfonamides is 3. The van der Waals surface area contributed by atoms with Crippen molar-refractivity contribution in [1.29, 1.82) is 0 Å². The summed E-state index contributed by atoms with van der Waals surface area (Å²) >= 11 is 0. The van der Waals surface area contributed by atoms with Crippen LogP contribution in [0.25, 0.3) is 0 Å². The molecule has 11 heterocycles. The summed E-state index contributed by atoms with van der Waals surface area (Å²) in [6, 6.07) is 23.1. The van der Waals surface area contributed by atoms with Gasteiger partial charge >= 0.3 is 6.09 Å². The van der Waals surface area contributed by atoms with Gasteiger partial charge in [0.2, 0.25) is 5.95 Å². The van der Waals surface area contributed by atoms with E-state index in [0.717, 1.165) is 75.8 Å². The second kappa shape index (κ2) is 33.6. The van der Waals surface area contributed by atoms with Crippen LogP contribution < -0.4 is 39.9 Å². The van der Waals surface area contributed by atoms with Crippen molar-refractivity contribution in [2.75, 3.05) is 45.4 Å². The van der Waals surface area contributed by atoms with Crippen molar-refractivity contribution < 1.29 is 53.6 Å². The maximum atomic E-state index is 14.6. The Balaban J connectivity index is 0.000000196. The van der Waals surface area contributed by atoms with Gasteiger partial charge in [0.05, 0.1) is 16.7 Å². The number of nitrogens with one attached hydrogen (secondary N) is 6. The number of halogens is 1. The van der Waals surface area contributed by atoms with Gasteiger partial charge in [0, 0.05) is 87.7 Å². The molecule has 11 rings (SSSR count). The van der Waals surface area contributed by atoms with Gasteiger partial charge in [-0.05, 0) is 211 Å². The van der Waals surface area contributed by atoms with Crippen molar-refractivity contribution in [3.05, 3.63) is 169 Å². The molecule has 8 bridgehead atoms. The Bertz CT molecular complexity index is 4740. The van der Waals surface area contributed by atoms with Gasteiger partial charge < -0.3 is 35.4 Å². The van der Waals surface area contributed by atoms with Gasteiger partial charge in [0.15, 0.2) is 15.1 Å². The van der Waals surface area contributed by atoms with Crippen LogP contribution in [0.2, 0.25) is 0 Å². The van der Waals surface area contributed by atoms with Crippen molar-refractivity contribution in [2.45, 2.75) is 254 Å². The van der Waals surface area contributed by atoms with Gasteiger partial charge in [-0.25, -0.2) is 48.9 Å². The van der Waals surface area contributed by atoms with E-state index in [1.807, 2.05) is 72.3 Å². The highest BCUT2D eigenvalue weighted by molar-refractivity contribution is 7.90. The molecule has 6 aromatic heterocycles. The lowest BCUT2D eigenvalue weighted by molar-refractivity contribution is 0.0130. The van der Waals surface area contributed by atoms with Gasteiger partial charge in [-0.15, -0.1) is 19.7 Å². The molecular formula is C83H114FN15O11S3. The van der Waals surface area contributed by atoms with Crippen molar-refractivity contribution in [3.8, 4) is 0 Å². The van der Waals surface area contributed by atoms with Crippen LogP contribution in [0.15, 0.2) is 144 Å². The summed E-state index contributed by atoms with van der Waals surface area (Å²) < 4.78 is 105. The molecule has 113 heavy (non-hydrogen) atoms. The first-order chi connectivity index (χ1) is 52.3. The third kappa shape index (κ3) is 21.9. The molecule has 6 N–H and O–H groups in total. The van der Waals surface area contributed by atoms with Crippen molar-refractivity contribution >= 4 is 83.0 Å². The van der Waals surface area contributed by atoms with Gasteiger partial charge in [-0.1, -0.05) is 98.7 Å². The lowest BCUT2D eigenvalue weighted by Crippen LogP contribution is -2.45. The zero-order valence-electron chi connectivity index (χ0n) is 68.6. The number of hydrogen-bond acceptors (Lipinski definition) is 22. The molecule has 5 aliphatic rings. The molecule has 3 fully saturated rings. The SMILES string of the molecule is C=CC(CC[C@@H]1CN(C(=O)OC(C)(C)C)C(C)(C)C1)Nc1cccc(S(=O)(=O)NC(=O)c2ccc(C(C)(C)C)nc2F)n1.C=CC1CC[C@@H]2CN(c3nc(C(C)(C)C)ccc3C(=O)NS(=O)(=O)c3cccc(n3)N1)C(C)(C)C2.C=CC1CC[C@@H]2CN(c3nc(C(C)(C)C)ccc3C(=O)NS(=O)(=O)c3cccc(n3)N1)C(C)(C)C2. The predicted octanol–water partition coefficient (Wildman–Crippen LogP) is 14.3. The molecule has 3 saturated heterocycles. The lowest BCUT2D eigenvalue weighted by atomic mass is 9.91. The van der Waals surface area contributed by atoms with E-state index in [1.165, 1.54) is 36.4 Å². The van der Waals surface area contributed by atoms with Crippen LogP contribution in [0.3, 0.4) is 0 Å². The minimum atomic E-state index is -4.41. The molecule has 3 unspecified atom stereocenters. The average molecular weight is 1610 g/mol. The third-order valence-corrected chi connectivity index (χ3v) is 24.5. The molecule has 0 saturated carbocycles. The number of rotatable bonds is 11. The Morgan fingerprint density at radius 1 is 0.593 bits per heavy atom. The molecule has 0 aliphatic carbocycles. The highest BCUT2D eigenvalue weighted by atomic mass is 32.2. The van der Waals surface area contributed by atoms with Gasteiger partial charge in [0.25, 0.3) is 47.8 Å². The average Bonchev–Trinajstić information content (AvgIpc) is 1.75. The van der Waals surface area contributed by atoms with E-state index in [9.17, 15) is 48.8 Å². The number of ether oxygens (including phenoxy) is 1. The van der Waals surface area contributed by atoms with Crippen molar-refractivity contribution in [2.24, 2.45) is 17.8 Å². The van der Waals surface area contributed by atoms with Crippen LogP contribution in [0, 0.1) is 23.7 Å². The maximum absolute atomic E-state index is 14.6. The number of likely N-dealkylation sites (tertiary alicyclic amines) is 1. The second-order valence-corrected chi connectivity index (χ2v) is 40.8. The number of carbonyl (C=O) groups is 4. The molecule has 4 amide bonds. The van der Waals surface area contributed by atoms with E-state index < -0.39 is 75.3 Å². The molecular weight excluding hydrogens is 1500 g/mol. The van der Waals surface area contributed by atoms with E-state index in [1.54, 1.807) is 65.6 Å². The fraction of sp³-hybridized carbons (Fsp3) is 0.518. The van der Waals surface area contributed by atoms with E-state index in [4.69, 9.17) is 14.7 Å². The minimum Gasteiger partial charge on any atom is -0.444 e. The zero-order valence-corrected chi connectivity index (χ0v) is 71.0. The summed E-state index contributed by atoms with van der Waals surface area (Å²) in [5.41, 5.74) is -0.220. The fourth-order valence-corrected chi connectivity index (χ4v) is 17.6. The van der Waals surface area contributed by atoms with Crippen molar-refractivity contribution in [3.63, 3.8) is 0 Å². The number of fused-ring (bicyclic) bond motifs is 12. The van der Waals surface area contributed by atoms with Crippen LogP contribution in [-0.4, -0.2) is 144 Å². The third-order valence-electron chi connectivity index (χ3n) is 20.8. The number of amides is 4. The monoisotopic (exact) mass is 1610 g/mol. The van der Waals surface area contributed by atoms with Crippen LogP contribution in [0.4, 0.5) is 38.3 Å². The Morgan fingerprint density at radius 2 is 1.04 bits per heavy atom. The highest BCUT2D eigenvalue weighted by Crippen LogP contribution is 2.44. The first-order valence-electron chi connectivity index (χ1n) is 38.4. The Hall–Kier alpha value is -9.42. The first-order valence-corrected chi connectivity index (χ1v) is 42.8. The standard InChI is InChI=1S/C31H44FN5O5S.2C26H35N5O3S/c1-10-21(15-14-20-18-31(8,9)37(19-20)28(39)42-30(5,6)7)33-24-12-11-13-25(35-24)43(40,41)36-27(38)22-16-17-23(29(2,3)4)34-26(22)32;2*1-7-18-12-11-17-15-26(5,6)31(16-17)23-19(13-14-20(28-23)25(2,3)4)24(32)30-35(33,34)22-10-8-9-21(27-18)29-22/h10-13,16-17,20-21H,1,14-15,18-19H2,2-9H3,(H,33,35)(H,36,38);2*7-10,13-14,17-18H,1,11-12,15-16H2,2-6H3,(H,27,29)(H,30,32)/t20-,21?;2*17-,18?/m000/s1. The van der Waals surface area contributed by atoms with Gasteiger partial charge in [-0.3, -0.25) is 14.4 Å². The molecule has 6 atom stereocenters. The number of anilines is 5. The molecule has 0 radical (unpaired) electrons. The van der Waals surface area contributed by atoms with Gasteiger partial charge in [0.1, 0.15) is 34.7 Å². The molecule has 6 aromatic rings. The van der Waals surface area contributed by atoms with Crippen LogP contribution >= 0.6 is 0 Å². The summed E-state index contributed by atoms with van der Waals surface area (Å²) in [6.45, 7) is 50.0. The molecule has 0 aromatic carbocycles. The molecule has 26 nitrogen and oxygen atoms in total. The number of hydrogen-bond donors (Lipinski definition) is 6. The maximum Gasteiger partial charge on any atom is 0.410 e. The fourth-order valence-electron chi connectivity index (χ4n) is 14.8. The minimum absolute atomic E-state index is 0.0600. The largest absolute Gasteiger partial charge is 0.444 e. The second-order valence-electron chi connectivity index (χ2n) is 36.0. The zero-order chi connectivity index (χ0) is 83.6. The summed E-state index contributed by atoms with van der Waals surface area (Å²) in [5.74, 6) is -0.462. The van der Waals surface area contributed by atoms with E-state index >= 15 is 0 Å². The predicted molar refractivity (Wildman–Crippen MR) is 440 cm³/mol. The van der Waals surface area contributed by atoms with Gasteiger partial charge in [-0.2, -0.15) is 29.6 Å². The lowest BCUT2D eigenvalue weighted by Gasteiger charge is -2.34. The number of pyridine rings is 6. The van der Waals surface area contributed by atoms with E-state index in [0.29, 0.717) is 53.8 Å². The topological polar surface area (TPSA) is 339 Å². The molecule has 5 aliphatic heterocycles. The molecule has 612 valence electrons. The van der Waals surface area contributed by atoms with Crippen LogP contribution in [0.1, 0.15) is 231 Å². The van der Waals surface area contributed by atoms with Crippen LogP contribution in [-0.2, 0) is 51.1 Å². The quantitative estimate of drug-likeness (QED) is 0.0518. The normalized spacial score (nSPS) is 21.5. The number of nitrogens with zero attached hydrogens (tertiary/aromatic N) is 9. The highest BCUT2D eigenvalue weighted by Gasteiger charge is 2.46. The summed E-state index contributed by atoms with van der Waals surface area (Å²) in [5, 5.41) is 8.88. The summed E-state index contributed by atoms with van der Waals surface area (Å²) in [4.78, 5) is 84.7. The molecule has 0 spiro atoms. The summed E-state index contributed by atoms with van der Waals surface area (Å²) in [6.07, 6.45) is 12.7. The summed E-state index contributed by atoms with van der Waals surface area (Å²) in [7, 11) is -12.8. The van der Waals surface area contributed by atoms with Crippen LogP contribution in [0.5, 0.6) is 0 Å². The van der Waals surface area contributed by atoms with E-state index in [-0.39, 0.29) is 84.6 Å².